The molecule has 7 nitrogen and oxygen atoms in total. The predicted molar refractivity (Wildman–Crippen MR) is 126 cm³/mol. The molecule has 1 aliphatic heterocycles. The molecular formula is C21H31FIN5O2. The first-order chi connectivity index (χ1) is 13.9. The molecule has 0 bridgehead atoms. The number of halogens is 2. The minimum Gasteiger partial charge on any atom is -0.467 e. The molecule has 0 spiro atoms. The highest BCUT2D eigenvalue weighted by atomic mass is 127. The zero-order valence-electron chi connectivity index (χ0n) is 18.2. The molecule has 0 saturated carbocycles. The zero-order chi connectivity index (χ0) is 21.0. The number of nitrogens with zero attached hydrogens (tertiary/aromatic N) is 4. The third kappa shape index (κ3) is 5.84. The van der Waals surface area contributed by atoms with Crippen LogP contribution in [-0.2, 0) is 31.4 Å². The molecule has 1 aliphatic rings. The molecule has 166 valence electrons. The molecule has 3 rings (SSSR count). The third-order valence-electron chi connectivity index (χ3n) is 4.89. The average molecular weight is 531 g/mol. The van der Waals surface area contributed by atoms with Gasteiger partial charge in [-0.15, -0.1) is 24.0 Å². The molecule has 0 fully saturated rings. The molecule has 0 aliphatic carbocycles. The van der Waals surface area contributed by atoms with Gasteiger partial charge in [0.05, 0.1) is 12.3 Å². The van der Waals surface area contributed by atoms with Crippen LogP contribution in [0.4, 0.5) is 4.39 Å². The topological polar surface area (TPSA) is 63.9 Å². The van der Waals surface area contributed by atoms with Gasteiger partial charge in [-0.1, -0.05) is 13.8 Å². The lowest BCUT2D eigenvalue weighted by Gasteiger charge is -2.23. The first kappa shape index (κ1) is 24.4. The second kappa shape index (κ2) is 10.9. The predicted octanol–water partition coefficient (Wildman–Crippen LogP) is 3.42. The lowest BCUT2D eigenvalue weighted by molar-refractivity contribution is -0.0172. The van der Waals surface area contributed by atoms with Gasteiger partial charge in [-0.3, -0.25) is 9.67 Å². The van der Waals surface area contributed by atoms with Crippen LogP contribution >= 0.6 is 24.0 Å². The monoisotopic (exact) mass is 531 g/mol. The van der Waals surface area contributed by atoms with Crippen LogP contribution in [0.15, 0.2) is 23.3 Å². The maximum absolute atomic E-state index is 13.9. The summed E-state index contributed by atoms with van der Waals surface area (Å²) in [6.07, 6.45) is 2.68. The van der Waals surface area contributed by atoms with Crippen molar-refractivity contribution in [3.63, 3.8) is 0 Å². The number of ether oxygens (including phenoxy) is 2. The first-order valence-electron chi connectivity index (χ1n) is 9.85. The number of aliphatic imine (C=N–C) groups is 1. The van der Waals surface area contributed by atoms with Crippen LogP contribution in [0.2, 0.25) is 0 Å². The van der Waals surface area contributed by atoms with Gasteiger partial charge in [0.1, 0.15) is 11.6 Å². The van der Waals surface area contributed by atoms with Gasteiger partial charge >= 0.3 is 0 Å². The van der Waals surface area contributed by atoms with Gasteiger partial charge in [0, 0.05) is 51.6 Å². The first-order valence-corrected chi connectivity index (χ1v) is 9.85. The van der Waals surface area contributed by atoms with Crippen LogP contribution in [0.5, 0.6) is 5.75 Å². The number of benzene rings is 1. The van der Waals surface area contributed by atoms with E-state index < -0.39 is 0 Å². The lowest BCUT2D eigenvalue weighted by Crippen LogP contribution is -2.39. The smallest absolute Gasteiger partial charge is 0.193 e. The second-order valence-electron chi connectivity index (χ2n) is 7.61. The summed E-state index contributed by atoms with van der Waals surface area (Å²) in [4.78, 5) is 6.44. The summed E-state index contributed by atoms with van der Waals surface area (Å²) in [6, 6.07) is 3.00. The molecule has 2 aromatic rings. The van der Waals surface area contributed by atoms with E-state index in [4.69, 9.17) is 9.47 Å². The Kier molecular flexibility index (Phi) is 8.90. The Morgan fingerprint density at radius 1 is 1.37 bits per heavy atom. The van der Waals surface area contributed by atoms with E-state index in [0.29, 0.717) is 32.0 Å². The molecule has 0 radical (unpaired) electrons. The number of aromatic nitrogens is 2. The standard InChI is InChI=1S/C21H30FN5O2.HI/c1-14(2)19-17(11-27(5)25-19)10-26(4)21(23-3)24-7-6-15-8-18(22)9-16-12-28-13-29-20(15)16;/h8-9,11,14H,6-7,10,12-13H2,1-5H3,(H,23,24);1H. The fourth-order valence-corrected chi connectivity index (χ4v) is 3.63. The molecule has 0 unspecified atom stereocenters. The Labute approximate surface area is 194 Å². The quantitative estimate of drug-likeness (QED) is 0.352. The van der Waals surface area contributed by atoms with E-state index in [9.17, 15) is 4.39 Å². The highest BCUT2D eigenvalue weighted by Crippen LogP contribution is 2.29. The summed E-state index contributed by atoms with van der Waals surface area (Å²) in [5.74, 6) is 1.60. The summed E-state index contributed by atoms with van der Waals surface area (Å²) >= 11 is 0. The van der Waals surface area contributed by atoms with Gasteiger partial charge in [0.2, 0.25) is 0 Å². The van der Waals surface area contributed by atoms with E-state index in [1.54, 1.807) is 7.05 Å². The summed E-state index contributed by atoms with van der Waals surface area (Å²) in [5.41, 5.74) is 3.87. The number of fused-ring (bicyclic) bond motifs is 1. The van der Waals surface area contributed by atoms with Crippen molar-refractivity contribution in [3.05, 3.63) is 46.5 Å². The zero-order valence-corrected chi connectivity index (χ0v) is 20.6. The normalized spacial score (nSPS) is 13.5. The highest BCUT2D eigenvalue weighted by molar-refractivity contribution is 14.0. The van der Waals surface area contributed by atoms with Crippen molar-refractivity contribution in [2.45, 2.75) is 39.3 Å². The maximum Gasteiger partial charge on any atom is 0.193 e. The van der Waals surface area contributed by atoms with Crippen molar-refractivity contribution < 1.29 is 13.9 Å². The van der Waals surface area contributed by atoms with E-state index in [1.165, 1.54) is 17.7 Å². The van der Waals surface area contributed by atoms with E-state index in [1.807, 2.05) is 18.8 Å². The summed E-state index contributed by atoms with van der Waals surface area (Å²) in [7, 11) is 5.70. The summed E-state index contributed by atoms with van der Waals surface area (Å²) < 4.78 is 26.6. The molecule has 0 atom stereocenters. The number of rotatable bonds is 6. The maximum atomic E-state index is 13.9. The molecule has 1 aromatic carbocycles. The van der Waals surface area contributed by atoms with E-state index in [0.717, 1.165) is 28.5 Å². The molecular weight excluding hydrogens is 500 g/mol. The van der Waals surface area contributed by atoms with Gasteiger partial charge in [-0.05, 0) is 30.0 Å². The van der Waals surface area contributed by atoms with Crippen LogP contribution in [0.25, 0.3) is 0 Å². The molecule has 30 heavy (non-hydrogen) atoms. The van der Waals surface area contributed by atoms with Crippen molar-refractivity contribution in [1.82, 2.24) is 20.0 Å². The second-order valence-corrected chi connectivity index (χ2v) is 7.61. The Morgan fingerprint density at radius 2 is 2.13 bits per heavy atom. The summed E-state index contributed by atoms with van der Waals surface area (Å²) in [5, 5.41) is 7.93. The molecule has 0 saturated heterocycles. The number of guanidine groups is 1. The molecule has 1 N–H and O–H groups in total. The van der Waals surface area contributed by atoms with Crippen molar-refractivity contribution in [3.8, 4) is 5.75 Å². The van der Waals surface area contributed by atoms with Crippen molar-refractivity contribution in [1.29, 1.82) is 0 Å². The number of hydrogen-bond acceptors (Lipinski definition) is 4. The Bertz CT molecular complexity index is 885. The van der Waals surface area contributed by atoms with Gasteiger partial charge in [0.25, 0.3) is 0 Å². The van der Waals surface area contributed by atoms with Gasteiger partial charge in [-0.2, -0.15) is 5.10 Å². The fourth-order valence-electron chi connectivity index (χ4n) is 3.63. The van der Waals surface area contributed by atoms with Crippen LogP contribution in [0.3, 0.4) is 0 Å². The fraction of sp³-hybridized carbons (Fsp3) is 0.524. The molecule has 0 amide bonds. The number of aryl methyl sites for hydroxylation is 1. The van der Waals surface area contributed by atoms with Crippen LogP contribution in [-0.4, -0.2) is 48.1 Å². The molecule has 1 aromatic heterocycles. The van der Waals surface area contributed by atoms with E-state index >= 15 is 0 Å². The highest BCUT2D eigenvalue weighted by Gasteiger charge is 2.18. The van der Waals surface area contributed by atoms with Gasteiger partial charge in [0.15, 0.2) is 12.8 Å². The van der Waals surface area contributed by atoms with Crippen LogP contribution in [0.1, 0.15) is 42.1 Å². The van der Waals surface area contributed by atoms with Gasteiger partial charge in [-0.25, -0.2) is 4.39 Å². The molecule has 2 heterocycles. The molecule has 9 heteroatoms. The van der Waals surface area contributed by atoms with Crippen LogP contribution < -0.4 is 10.1 Å². The SMILES string of the molecule is CN=C(NCCc1cc(F)cc2c1OCOC2)N(C)Cc1cn(C)nc1C(C)C.I. The van der Waals surface area contributed by atoms with Crippen molar-refractivity contribution in [2.24, 2.45) is 12.0 Å². The van der Waals surface area contributed by atoms with Gasteiger partial charge < -0.3 is 19.7 Å². The van der Waals surface area contributed by atoms with Crippen LogP contribution in [0, 0.1) is 5.82 Å². The minimum absolute atomic E-state index is 0. The van der Waals surface area contributed by atoms with E-state index in [2.05, 4.69) is 40.4 Å². The average Bonchev–Trinajstić information content (AvgIpc) is 3.05. The number of hydrogen-bond donors (Lipinski definition) is 1. The minimum atomic E-state index is -0.271. The lowest BCUT2D eigenvalue weighted by atomic mass is 10.1. The third-order valence-corrected chi connectivity index (χ3v) is 4.89. The van der Waals surface area contributed by atoms with Crippen molar-refractivity contribution in [2.75, 3.05) is 27.4 Å². The van der Waals surface area contributed by atoms with Crippen molar-refractivity contribution >= 4 is 29.9 Å². The Hall–Kier alpha value is -1.88. The van der Waals surface area contributed by atoms with E-state index in [-0.39, 0.29) is 36.6 Å². The Morgan fingerprint density at radius 3 is 2.83 bits per heavy atom. The largest absolute Gasteiger partial charge is 0.467 e. The summed E-state index contributed by atoms with van der Waals surface area (Å²) in [6.45, 7) is 6.18. The number of nitrogens with one attached hydrogen (secondary N) is 1. The Balaban J connectivity index is 0.00000320.